The van der Waals surface area contributed by atoms with E-state index in [9.17, 15) is 0 Å². The summed E-state index contributed by atoms with van der Waals surface area (Å²) in [6.45, 7) is 4.62. The first-order valence-electron chi connectivity index (χ1n) is 6.44. The Bertz CT molecular complexity index is 345. The Labute approximate surface area is 104 Å². The molecule has 0 fully saturated rings. The lowest BCUT2D eigenvalue weighted by Gasteiger charge is -2.18. The summed E-state index contributed by atoms with van der Waals surface area (Å²) < 4.78 is 0. The number of halogens is 1. The van der Waals surface area contributed by atoms with Crippen molar-refractivity contribution < 1.29 is 0 Å². The summed E-state index contributed by atoms with van der Waals surface area (Å²) in [5.41, 5.74) is 2.84. The van der Waals surface area contributed by atoms with Crippen LogP contribution >= 0.6 is 11.6 Å². The Morgan fingerprint density at radius 3 is 2.81 bits per heavy atom. The molecule has 3 atom stereocenters. The van der Waals surface area contributed by atoms with E-state index < -0.39 is 0 Å². The number of hydrogen-bond donors (Lipinski definition) is 0. The highest BCUT2D eigenvalue weighted by Crippen LogP contribution is 2.43. The molecule has 3 unspecified atom stereocenters. The second kappa shape index (κ2) is 5.23. The smallest absolute Gasteiger partial charge is 0.0619 e. The molecule has 0 N–H and O–H groups in total. The van der Waals surface area contributed by atoms with Crippen molar-refractivity contribution in [2.75, 3.05) is 0 Å². The van der Waals surface area contributed by atoms with Crippen molar-refractivity contribution in [2.24, 2.45) is 11.8 Å². The molecule has 0 nitrogen and oxygen atoms in total. The Balaban J connectivity index is 2.01. The summed E-state index contributed by atoms with van der Waals surface area (Å²) in [5, 5.41) is 0.246. The van der Waals surface area contributed by atoms with E-state index in [1.54, 1.807) is 0 Å². The third-order valence-electron chi connectivity index (χ3n) is 3.73. The monoisotopic (exact) mass is 236 g/mol. The molecule has 0 aromatic heterocycles. The van der Waals surface area contributed by atoms with E-state index in [0.29, 0.717) is 5.92 Å². The number of fused-ring (bicyclic) bond motifs is 1. The highest BCUT2D eigenvalue weighted by atomic mass is 35.5. The minimum absolute atomic E-state index is 0.246. The van der Waals surface area contributed by atoms with Crippen LogP contribution in [-0.2, 0) is 6.42 Å². The number of rotatable bonds is 4. The summed E-state index contributed by atoms with van der Waals surface area (Å²) in [4.78, 5) is 0. The van der Waals surface area contributed by atoms with Crippen LogP contribution in [0.15, 0.2) is 24.3 Å². The molecule has 0 amide bonds. The lowest BCUT2D eigenvalue weighted by atomic mass is 9.90. The summed E-state index contributed by atoms with van der Waals surface area (Å²) >= 11 is 6.55. The summed E-state index contributed by atoms with van der Waals surface area (Å²) in [6.07, 6.45) is 5.07. The first-order valence-corrected chi connectivity index (χ1v) is 6.88. The van der Waals surface area contributed by atoms with Gasteiger partial charge < -0.3 is 0 Å². The third-order valence-corrected chi connectivity index (χ3v) is 4.33. The SMILES string of the molecule is CCCC(C)CC1Cc2ccccc2C1Cl. The predicted octanol–water partition coefficient (Wildman–Crippen LogP) is 4.97. The maximum Gasteiger partial charge on any atom is 0.0619 e. The van der Waals surface area contributed by atoms with E-state index in [-0.39, 0.29) is 5.38 Å². The molecule has 0 radical (unpaired) electrons. The van der Waals surface area contributed by atoms with Gasteiger partial charge in [-0.05, 0) is 35.8 Å². The van der Waals surface area contributed by atoms with Crippen LogP contribution in [0.25, 0.3) is 0 Å². The second-order valence-corrected chi connectivity index (χ2v) is 5.66. The molecule has 0 heterocycles. The Morgan fingerprint density at radius 1 is 1.38 bits per heavy atom. The summed E-state index contributed by atoms with van der Waals surface area (Å²) in [7, 11) is 0. The molecule has 1 aromatic carbocycles. The van der Waals surface area contributed by atoms with Crippen LogP contribution in [-0.4, -0.2) is 0 Å². The predicted molar refractivity (Wildman–Crippen MR) is 70.9 cm³/mol. The minimum atomic E-state index is 0.246. The maximum absolute atomic E-state index is 6.55. The van der Waals surface area contributed by atoms with E-state index in [1.807, 2.05) is 0 Å². The fraction of sp³-hybridized carbons (Fsp3) is 0.600. The lowest BCUT2D eigenvalue weighted by Crippen LogP contribution is -2.08. The van der Waals surface area contributed by atoms with Crippen LogP contribution < -0.4 is 0 Å². The molecule has 0 aliphatic heterocycles. The van der Waals surface area contributed by atoms with E-state index in [4.69, 9.17) is 11.6 Å². The fourth-order valence-electron chi connectivity index (χ4n) is 2.96. The molecular weight excluding hydrogens is 216 g/mol. The number of alkyl halides is 1. The van der Waals surface area contributed by atoms with Gasteiger partial charge in [0.25, 0.3) is 0 Å². The molecule has 88 valence electrons. The normalized spacial score (nSPS) is 25.4. The molecule has 0 saturated carbocycles. The summed E-state index contributed by atoms with van der Waals surface area (Å²) in [5.74, 6) is 1.46. The van der Waals surface area contributed by atoms with Crippen LogP contribution in [0.3, 0.4) is 0 Å². The number of hydrogen-bond acceptors (Lipinski definition) is 0. The standard InChI is InChI=1S/C15H21Cl/c1-3-6-11(2)9-13-10-12-7-4-5-8-14(12)15(13)16/h4-5,7-8,11,13,15H,3,6,9-10H2,1-2H3. The van der Waals surface area contributed by atoms with Crippen molar-refractivity contribution in [1.29, 1.82) is 0 Å². The van der Waals surface area contributed by atoms with Crippen molar-refractivity contribution >= 4 is 11.6 Å². The second-order valence-electron chi connectivity index (χ2n) is 5.19. The Kier molecular flexibility index (Phi) is 3.91. The van der Waals surface area contributed by atoms with Crippen LogP contribution in [0.5, 0.6) is 0 Å². The van der Waals surface area contributed by atoms with Crippen LogP contribution in [0.4, 0.5) is 0 Å². The van der Waals surface area contributed by atoms with E-state index >= 15 is 0 Å². The minimum Gasteiger partial charge on any atom is -0.117 e. The molecule has 1 aromatic rings. The first-order chi connectivity index (χ1) is 7.72. The van der Waals surface area contributed by atoms with Gasteiger partial charge in [-0.2, -0.15) is 0 Å². The molecule has 1 aliphatic rings. The maximum atomic E-state index is 6.55. The third kappa shape index (κ3) is 2.43. The zero-order chi connectivity index (χ0) is 11.5. The van der Waals surface area contributed by atoms with Gasteiger partial charge in [0, 0.05) is 0 Å². The molecule has 1 heteroatoms. The number of benzene rings is 1. The summed E-state index contributed by atoms with van der Waals surface area (Å²) in [6, 6.07) is 8.65. The van der Waals surface area contributed by atoms with Crippen molar-refractivity contribution in [3.63, 3.8) is 0 Å². The van der Waals surface area contributed by atoms with Crippen molar-refractivity contribution in [3.8, 4) is 0 Å². The van der Waals surface area contributed by atoms with E-state index in [2.05, 4.69) is 38.1 Å². The van der Waals surface area contributed by atoms with Gasteiger partial charge >= 0.3 is 0 Å². The average molecular weight is 237 g/mol. The fourth-order valence-corrected chi connectivity index (χ4v) is 3.36. The van der Waals surface area contributed by atoms with Crippen molar-refractivity contribution in [3.05, 3.63) is 35.4 Å². The molecule has 16 heavy (non-hydrogen) atoms. The molecule has 2 rings (SSSR count). The molecule has 0 saturated heterocycles. The molecule has 0 bridgehead atoms. The van der Waals surface area contributed by atoms with Gasteiger partial charge in [0.15, 0.2) is 0 Å². The highest BCUT2D eigenvalue weighted by molar-refractivity contribution is 6.21. The van der Waals surface area contributed by atoms with Gasteiger partial charge in [-0.1, -0.05) is 51.0 Å². The average Bonchev–Trinajstić information content (AvgIpc) is 2.57. The van der Waals surface area contributed by atoms with Gasteiger partial charge in [-0.3, -0.25) is 0 Å². The van der Waals surface area contributed by atoms with Gasteiger partial charge in [-0.25, -0.2) is 0 Å². The lowest BCUT2D eigenvalue weighted by molar-refractivity contribution is 0.376. The van der Waals surface area contributed by atoms with Crippen molar-refractivity contribution in [2.45, 2.75) is 44.9 Å². The van der Waals surface area contributed by atoms with Crippen LogP contribution in [0, 0.1) is 11.8 Å². The quantitative estimate of drug-likeness (QED) is 0.648. The Morgan fingerprint density at radius 2 is 2.12 bits per heavy atom. The zero-order valence-corrected chi connectivity index (χ0v) is 11.0. The molecule has 0 spiro atoms. The van der Waals surface area contributed by atoms with Gasteiger partial charge in [0.05, 0.1) is 5.38 Å². The topological polar surface area (TPSA) is 0 Å². The van der Waals surface area contributed by atoms with Crippen LogP contribution in [0.1, 0.15) is 49.6 Å². The van der Waals surface area contributed by atoms with E-state index in [0.717, 1.165) is 5.92 Å². The molecule has 1 aliphatic carbocycles. The van der Waals surface area contributed by atoms with Crippen molar-refractivity contribution in [1.82, 2.24) is 0 Å². The largest absolute Gasteiger partial charge is 0.117 e. The van der Waals surface area contributed by atoms with Gasteiger partial charge in [0.1, 0.15) is 0 Å². The van der Waals surface area contributed by atoms with Crippen LogP contribution in [0.2, 0.25) is 0 Å². The van der Waals surface area contributed by atoms with E-state index in [1.165, 1.54) is 36.8 Å². The van der Waals surface area contributed by atoms with Gasteiger partial charge in [0.2, 0.25) is 0 Å². The zero-order valence-electron chi connectivity index (χ0n) is 10.2. The Hall–Kier alpha value is -0.490. The van der Waals surface area contributed by atoms with Gasteiger partial charge in [-0.15, -0.1) is 11.6 Å². The molecular formula is C15H21Cl. The first kappa shape index (κ1) is 12.0. The highest BCUT2D eigenvalue weighted by Gasteiger charge is 2.31.